The van der Waals surface area contributed by atoms with Gasteiger partial charge in [-0.15, -0.1) is 0 Å². The van der Waals surface area contributed by atoms with Gasteiger partial charge in [0.1, 0.15) is 5.78 Å². The second-order valence-corrected chi connectivity index (χ2v) is 7.32. The van der Waals surface area contributed by atoms with Gasteiger partial charge in [0, 0.05) is 31.3 Å². The van der Waals surface area contributed by atoms with Crippen LogP contribution in [0.5, 0.6) is 0 Å². The molecule has 1 aliphatic rings. The van der Waals surface area contributed by atoms with Crippen LogP contribution in [0.25, 0.3) is 0 Å². The molecule has 0 spiro atoms. The zero-order chi connectivity index (χ0) is 18.4. The fourth-order valence-corrected chi connectivity index (χ4v) is 3.70. The first-order chi connectivity index (χ1) is 12.6. The third kappa shape index (κ3) is 4.81. The normalized spacial score (nSPS) is 20.0. The smallest absolute Gasteiger partial charge is 0.226 e. The van der Waals surface area contributed by atoms with E-state index in [1.54, 1.807) is 0 Å². The lowest BCUT2D eigenvalue weighted by molar-refractivity contribution is -0.139. The Morgan fingerprint density at radius 2 is 1.62 bits per heavy atom. The topological polar surface area (TPSA) is 37.4 Å². The Balaban J connectivity index is 1.71. The number of Topliss-reactive ketones (excluding diaryl/α,β-unsaturated/α-hetero) is 1. The molecule has 3 rings (SSSR count). The molecule has 3 heteroatoms. The first-order valence-corrected chi connectivity index (χ1v) is 9.53. The lowest BCUT2D eigenvalue weighted by atomic mass is 9.80. The van der Waals surface area contributed by atoms with Gasteiger partial charge in [0.15, 0.2) is 0 Å². The number of benzene rings is 2. The van der Waals surface area contributed by atoms with Crippen LogP contribution in [-0.2, 0) is 22.6 Å². The summed E-state index contributed by atoms with van der Waals surface area (Å²) < 4.78 is 0. The largest absolute Gasteiger partial charge is 0.338 e. The molecule has 0 N–H and O–H groups in total. The summed E-state index contributed by atoms with van der Waals surface area (Å²) in [6, 6.07) is 20.4. The Hall–Kier alpha value is -2.42. The van der Waals surface area contributed by atoms with Crippen molar-refractivity contribution in [3.8, 4) is 0 Å². The van der Waals surface area contributed by atoms with Gasteiger partial charge < -0.3 is 4.90 Å². The molecule has 3 nitrogen and oxygen atoms in total. The van der Waals surface area contributed by atoms with Crippen LogP contribution in [-0.4, -0.2) is 23.1 Å². The summed E-state index contributed by atoms with van der Waals surface area (Å²) in [6.07, 6.45) is 2.77. The van der Waals surface area contributed by atoms with Crippen LogP contribution in [0.1, 0.15) is 37.3 Å². The van der Waals surface area contributed by atoms with Gasteiger partial charge in [0.25, 0.3) is 0 Å². The summed E-state index contributed by atoms with van der Waals surface area (Å²) in [4.78, 5) is 27.0. The molecule has 1 amide bonds. The van der Waals surface area contributed by atoms with Crippen LogP contribution < -0.4 is 0 Å². The Labute approximate surface area is 156 Å². The van der Waals surface area contributed by atoms with E-state index in [0.717, 1.165) is 12.0 Å². The maximum Gasteiger partial charge on any atom is 0.226 e. The minimum absolute atomic E-state index is 0.00500. The monoisotopic (exact) mass is 349 g/mol. The van der Waals surface area contributed by atoms with Crippen molar-refractivity contribution in [1.29, 1.82) is 0 Å². The molecule has 0 heterocycles. The zero-order valence-corrected chi connectivity index (χ0v) is 15.4. The zero-order valence-electron chi connectivity index (χ0n) is 15.4. The average molecular weight is 349 g/mol. The second-order valence-electron chi connectivity index (χ2n) is 7.32. The van der Waals surface area contributed by atoms with Crippen molar-refractivity contribution in [3.05, 3.63) is 71.8 Å². The number of hydrogen-bond donors (Lipinski definition) is 0. The molecule has 2 atom stereocenters. The van der Waals surface area contributed by atoms with Crippen LogP contribution in [0.3, 0.4) is 0 Å². The number of carbonyl (C=O) groups excluding carboxylic acids is 2. The van der Waals surface area contributed by atoms with Crippen molar-refractivity contribution in [2.24, 2.45) is 11.8 Å². The van der Waals surface area contributed by atoms with E-state index in [0.29, 0.717) is 38.1 Å². The highest BCUT2D eigenvalue weighted by molar-refractivity contribution is 5.86. The third-order valence-electron chi connectivity index (χ3n) is 5.32. The Bertz CT molecular complexity index is 726. The van der Waals surface area contributed by atoms with Crippen LogP contribution in [0, 0.1) is 11.8 Å². The molecule has 1 saturated carbocycles. The highest BCUT2D eigenvalue weighted by atomic mass is 16.2. The van der Waals surface area contributed by atoms with Gasteiger partial charge in [0.2, 0.25) is 5.91 Å². The number of ketones is 1. The molecule has 0 aromatic heterocycles. The lowest BCUT2D eigenvalue weighted by Gasteiger charge is -2.31. The minimum Gasteiger partial charge on any atom is -0.338 e. The van der Waals surface area contributed by atoms with Crippen molar-refractivity contribution in [2.45, 2.75) is 39.2 Å². The molecule has 0 bridgehead atoms. The standard InChI is InChI=1S/C23H27NO2/c1-18-16-21(12-13-22(18)25)23(26)24(17-20-10-6-3-7-11-20)15-14-19-8-4-2-5-9-19/h2-11,18,21H,12-17H2,1H3/t18-,21+/m0/s1. The van der Waals surface area contributed by atoms with Gasteiger partial charge in [-0.1, -0.05) is 67.6 Å². The number of hydrogen-bond acceptors (Lipinski definition) is 2. The predicted octanol–water partition coefficient (Wildman–Crippen LogP) is 4.26. The summed E-state index contributed by atoms with van der Waals surface area (Å²) >= 11 is 0. The Morgan fingerprint density at radius 3 is 2.23 bits per heavy atom. The average Bonchev–Trinajstić information content (AvgIpc) is 2.68. The maximum absolute atomic E-state index is 13.2. The summed E-state index contributed by atoms with van der Waals surface area (Å²) in [5.41, 5.74) is 2.39. The first-order valence-electron chi connectivity index (χ1n) is 9.53. The molecule has 0 radical (unpaired) electrons. The van der Waals surface area contributed by atoms with Gasteiger partial charge >= 0.3 is 0 Å². The lowest BCUT2D eigenvalue weighted by Crippen LogP contribution is -2.40. The SMILES string of the molecule is C[C@H]1C[C@H](C(=O)N(CCc2ccccc2)Cc2ccccc2)CCC1=O. The van der Waals surface area contributed by atoms with E-state index >= 15 is 0 Å². The molecule has 2 aromatic carbocycles. The van der Waals surface area contributed by atoms with E-state index < -0.39 is 0 Å². The van der Waals surface area contributed by atoms with Crippen molar-refractivity contribution in [2.75, 3.05) is 6.54 Å². The molecule has 2 aromatic rings. The minimum atomic E-state index is -0.0258. The van der Waals surface area contributed by atoms with E-state index in [1.807, 2.05) is 48.2 Å². The van der Waals surface area contributed by atoms with Gasteiger partial charge in [-0.05, 0) is 30.4 Å². The summed E-state index contributed by atoms with van der Waals surface area (Å²) in [6.45, 7) is 3.29. The van der Waals surface area contributed by atoms with Crippen LogP contribution in [0.15, 0.2) is 60.7 Å². The molecular formula is C23H27NO2. The van der Waals surface area contributed by atoms with Crippen molar-refractivity contribution < 1.29 is 9.59 Å². The fourth-order valence-electron chi connectivity index (χ4n) is 3.70. The molecule has 136 valence electrons. The molecule has 0 aliphatic heterocycles. The van der Waals surface area contributed by atoms with Crippen LogP contribution in [0.4, 0.5) is 0 Å². The molecular weight excluding hydrogens is 322 g/mol. The first kappa shape index (κ1) is 18.4. The van der Waals surface area contributed by atoms with Crippen LogP contribution in [0.2, 0.25) is 0 Å². The summed E-state index contributed by atoms with van der Waals surface area (Å²) in [5.74, 6) is 0.477. The van der Waals surface area contributed by atoms with E-state index in [2.05, 4.69) is 24.3 Å². The second kappa shape index (κ2) is 8.79. The maximum atomic E-state index is 13.2. The predicted molar refractivity (Wildman–Crippen MR) is 104 cm³/mol. The Morgan fingerprint density at radius 1 is 1.00 bits per heavy atom. The van der Waals surface area contributed by atoms with Gasteiger partial charge in [-0.3, -0.25) is 9.59 Å². The van der Waals surface area contributed by atoms with E-state index in [1.165, 1.54) is 5.56 Å². The Kier molecular flexibility index (Phi) is 6.21. The quantitative estimate of drug-likeness (QED) is 0.781. The van der Waals surface area contributed by atoms with E-state index in [9.17, 15) is 9.59 Å². The number of rotatable bonds is 6. The molecule has 1 aliphatic carbocycles. The van der Waals surface area contributed by atoms with Crippen LogP contribution >= 0.6 is 0 Å². The van der Waals surface area contributed by atoms with E-state index in [4.69, 9.17) is 0 Å². The molecule has 0 saturated heterocycles. The summed E-state index contributed by atoms with van der Waals surface area (Å²) in [5, 5.41) is 0. The van der Waals surface area contributed by atoms with Crippen molar-refractivity contribution in [1.82, 2.24) is 4.90 Å². The third-order valence-corrected chi connectivity index (χ3v) is 5.32. The van der Waals surface area contributed by atoms with E-state index in [-0.39, 0.29) is 17.7 Å². The van der Waals surface area contributed by atoms with Crippen molar-refractivity contribution in [3.63, 3.8) is 0 Å². The number of nitrogens with zero attached hydrogens (tertiary/aromatic N) is 1. The molecule has 1 fully saturated rings. The molecule has 0 unspecified atom stereocenters. The highest BCUT2D eigenvalue weighted by Gasteiger charge is 2.32. The highest BCUT2D eigenvalue weighted by Crippen LogP contribution is 2.28. The molecule has 26 heavy (non-hydrogen) atoms. The van der Waals surface area contributed by atoms with Gasteiger partial charge in [-0.25, -0.2) is 0 Å². The summed E-state index contributed by atoms with van der Waals surface area (Å²) in [7, 11) is 0. The number of carbonyl (C=O) groups is 2. The fraction of sp³-hybridized carbons (Fsp3) is 0.391. The van der Waals surface area contributed by atoms with Gasteiger partial charge in [-0.2, -0.15) is 0 Å². The van der Waals surface area contributed by atoms with Gasteiger partial charge in [0.05, 0.1) is 0 Å². The number of amides is 1. The van der Waals surface area contributed by atoms with Crippen molar-refractivity contribution >= 4 is 11.7 Å².